The average Bonchev–Trinajstić information content (AvgIpc) is 2.36. The fraction of sp³-hybridized carbons (Fsp3) is 0.471. The highest BCUT2D eigenvalue weighted by molar-refractivity contribution is 6.22. The molecule has 20 heavy (non-hydrogen) atoms. The van der Waals surface area contributed by atoms with E-state index in [0.29, 0.717) is 6.42 Å². The van der Waals surface area contributed by atoms with Gasteiger partial charge in [0.25, 0.3) is 0 Å². The molecule has 1 aliphatic carbocycles. The van der Waals surface area contributed by atoms with Crippen molar-refractivity contribution in [2.45, 2.75) is 33.6 Å². The Kier molecular flexibility index (Phi) is 4.29. The second kappa shape index (κ2) is 5.80. The van der Waals surface area contributed by atoms with Crippen LogP contribution in [-0.2, 0) is 14.3 Å². The molecule has 108 valence electrons. The van der Waals surface area contributed by atoms with Crippen LogP contribution >= 0.6 is 0 Å². The van der Waals surface area contributed by atoms with Crippen LogP contribution in [0.1, 0.15) is 37.8 Å². The van der Waals surface area contributed by atoms with Crippen molar-refractivity contribution in [3.05, 3.63) is 41.2 Å². The second-order valence-corrected chi connectivity index (χ2v) is 6.10. The summed E-state index contributed by atoms with van der Waals surface area (Å²) < 4.78 is 10.7. The van der Waals surface area contributed by atoms with Crippen LogP contribution in [0.25, 0.3) is 5.57 Å². The Morgan fingerprint density at radius 3 is 2.55 bits per heavy atom. The summed E-state index contributed by atoms with van der Waals surface area (Å²) in [6.07, 6.45) is 1.31. The summed E-state index contributed by atoms with van der Waals surface area (Å²) in [4.78, 5) is 12.6. The molecule has 0 radical (unpaired) electrons. The maximum absolute atomic E-state index is 12.6. The lowest BCUT2D eigenvalue weighted by Gasteiger charge is -2.32. The molecule has 1 aromatic carbocycles. The van der Waals surface area contributed by atoms with Gasteiger partial charge in [-0.25, -0.2) is 0 Å². The molecule has 1 aliphatic rings. The number of ketones is 1. The zero-order valence-corrected chi connectivity index (χ0v) is 12.7. The van der Waals surface area contributed by atoms with Crippen molar-refractivity contribution in [1.29, 1.82) is 0 Å². The molecule has 0 amide bonds. The van der Waals surface area contributed by atoms with Crippen molar-refractivity contribution < 1.29 is 14.3 Å². The van der Waals surface area contributed by atoms with Gasteiger partial charge in [0.2, 0.25) is 0 Å². The maximum atomic E-state index is 12.6. The number of hydrogen-bond donors (Lipinski definition) is 0. The van der Waals surface area contributed by atoms with Gasteiger partial charge in [-0.15, -0.1) is 0 Å². The second-order valence-electron chi connectivity index (χ2n) is 6.10. The van der Waals surface area contributed by atoms with Gasteiger partial charge in [-0.3, -0.25) is 4.79 Å². The van der Waals surface area contributed by atoms with Gasteiger partial charge >= 0.3 is 0 Å². The third-order valence-electron chi connectivity index (χ3n) is 3.60. The number of rotatable bonds is 4. The Balaban J connectivity index is 2.50. The normalized spacial score (nSPS) is 18.3. The number of benzene rings is 1. The summed E-state index contributed by atoms with van der Waals surface area (Å²) in [5.41, 5.74) is 2.72. The van der Waals surface area contributed by atoms with Crippen molar-refractivity contribution in [2.75, 3.05) is 13.9 Å². The number of hydrogen-bond acceptors (Lipinski definition) is 3. The predicted octanol–water partition coefficient (Wildman–Crippen LogP) is 3.72. The lowest BCUT2D eigenvalue weighted by atomic mass is 9.74. The van der Waals surface area contributed by atoms with Gasteiger partial charge in [0.15, 0.2) is 12.6 Å². The topological polar surface area (TPSA) is 35.5 Å². The minimum Gasteiger partial charge on any atom is -0.471 e. The molecule has 0 aliphatic heterocycles. The third-order valence-corrected chi connectivity index (χ3v) is 3.60. The standard InChI is InChI=1S/C17H22O3/c1-12-7-5-6-8-13(12)16-14(18)9-17(2,3)10-15(16)20-11-19-4/h5-8H,9-11H2,1-4H3. The molecule has 0 heterocycles. The molecule has 0 saturated carbocycles. The Morgan fingerprint density at radius 1 is 1.20 bits per heavy atom. The molecule has 0 unspecified atom stereocenters. The van der Waals surface area contributed by atoms with Crippen LogP contribution < -0.4 is 0 Å². The lowest BCUT2D eigenvalue weighted by molar-refractivity contribution is -0.116. The van der Waals surface area contributed by atoms with Crippen LogP contribution in [0.2, 0.25) is 0 Å². The Bertz CT molecular complexity index is 541. The highest BCUT2D eigenvalue weighted by Crippen LogP contribution is 2.41. The molecule has 0 bridgehead atoms. The van der Waals surface area contributed by atoms with E-state index in [1.165, 1.54) is 0 Å². The molecule has 3 heteroatoms. The summed E-state index contributed by atoms with van der Waals surface area (Å²) in [6.45, 7) is 6.38. The van der Waals surface area contributed by atoms with E-state index in [9.17, 15) is 4.79 Å². The van der Waals surface area contributed by atoms with Crippen LogP contribution in [0.5, 0.6) is 0 Å². The van der Waals surface area contributed by atoms with E-state index in [2.05, 4.69) is 13.8 Å². The Hall–Kier alpha value is -1.61. The average molecular weight is 274 g/mol. The van der Waals surface area contributed by atoms with Crippen molar-refractivity contribution in [3.63, 3.8) is 0 Å². The summed E-state index contributed by atoms with van der Waals surface area (Å²) in [5, 5.41) is 0. The van der Waals surface area contributed by atoms with Crippen LogP contribution in [-0.4, -0.2) is 19.7 Å². The largest absolute Gasteiger partial charge is 0.471 e. The first-order valence-electron chi connectivity index (χ1n) is 6.89. The predicted molar refractivity (Wildman–Crippen MR) is 79.1 cm³/mol. The molecule has 0 saturated heterocycles. The maximum Gasteiger partial charge on any atom is 0.188 e. The number of Topliss-reactive ketones (excluding diaryl/α,β-unsaturated/α-hetero) is 1. The van der Waals surface area contributed by atoms with E-state index in [0.717, 1.165) is 28.9 Å². The fourth-order valence-corrected chi connectivity index (χ4v) is 2.67. The Labute approximate surface area is 120 Å². The minimum absolute atomic E-state index is 0.0632. The zero-order valence-electron chi connectivity index (χ0n) is 12.7. The van der Waals surface area contributed by atoms with Crippen molar-refractivity contribution in [2.24, 2.45) is 5.41 Å². The first-order chi connectivity index (χ1) is 9.44. The molecule has 0 atom stereocenters. The Morgan fingerprint density at radius 2 is 1.90 bits per heavy atom. The number of allylic oxidation sites excluding steroid dienone is 2. The van der Waals surface area contributed by atoms with Gasteiger partial charge in [0, 0.05) is 20.0 Å². The summed E-state index contributed by atoms with van der Waals surface area (Å²) >= 11 is 0. The van der Waals surface area contributed by atoms with Gasteiger partial charge in [-0.05, 0) is 23.5 Å². The van der Waals surface area contributed by atoms with Crippen molar-refractivity contribution in [1.82, 2.24) is 0 Å². The number of carbonyl (C=O) groups is 1. The lowest BCUT2D eigenvalue weighted by Crippen LogP contribution is -2.26. The molecular formula is C17H22O3. The van der Waals surface area contributed by atoms with E-state index in [4.69, 9.17) is 9.47 Å². The SMILES string of the molecule is COCOC1=C(c2ccccc2C)C(=O)CC(C)(C)C1. The van der Waals surface area contributed by atoms with Crippen molar-refractivity contribution >= 4 is 11.4 Å². The number of carbonyl (C=O) groups excluding carboxylic acids is 1. The summed E-state index contributed by atoms with van der Waals surface area (Å²) in [7, 11) is 1.59. The van der Waals surface area contributed by atoms with E-state index in [1.807, 2.05) is 31.2 Å². The highest BCUT2D eigenvalue weighted by atomic mass is 16.7. The highest BCUT2D eigenvalue weighted by Gasteiger charge is 2.35. The smallest absolute Gasteiger partial charge is 0.188 e. The quantitative estimate of drug-likeness (QED) is 0.785. The number of methoxy groups -OCH3 is 1. The monoisotopic (exact) mass is 274 g/mol. The van der Waals surface area contributed by atoms with Crippen LogP contribution in [0.4, 0.5) is 0 Å². The first-order valence-corrected chi connectivity index (χ1v) is 6.89. The molecular weight excluding hydrogens is 252 g/mol. The molecule has 0 fully saturated rings. The number of ether oxygens (including phenoxy) is 2. The van der Waals surface area contributed by atoms with Crippen LogP contribution in [0, 0.1) is 12.3 Å². The first kappa shape index (κ1) is 14.8. The van der Waals surface area contributed by atoms with E-state index < -0.39 is 0 Å². The van der Waals surface area contributed by atoms with Crippen molar-refractivity contribution in [3.8, 4) is 0 Å². The van der Waals surface area contributed by atoms with E-state index in [-0.39, 0.29) is 18.0 Å². The van der Waals surface area contributed by atoms with Gasteiger partial charge in [-0.2, -0.15) is 0 Å². The van der Waals surface area contributed by atoms with E-state index >= 15 is 0 Å². The molecule has 2 rings (SSSR count). The van der Waals surface area contributed by atoms with Crippen LogP contribution in [0.3, 0.4) is 0 Å². The minimum atomic E-state index is -0.0632. The molecule has 1 aromatic rings. The molecule has 0 spiro atoms. The zero-order chi connectivity index (χ0) is 14.8. The van der Waals surface area contributed by atoms with Gasteiger partial charge in [0.05, 0.1) is 5.57 Å². The third kappa shape index (κ3) is 3.10. The van der Waals surface area contributed by atoms with Gasteiger partial charge in [-0.1, -0.05) is 38.1 Å². The van der Waals surface area contributed by atoms with Gasteiger partial charge in [0.1, 0.15) is 5.76 Å². The molecule has 0 N–H and O–H groups in total. The molecule has 0 aromatic heterocycles. The van der Waals surface area contributed by atoms with Crippen LogP contribution in [0.15, 0.2) is 30.0 Å². The van der Waals surface area contributed by atoms with E-state index in [1.54, 1.807) is 7.11 Å². The number of aryl methyl sites for hydroxylation is 1. The summed E-state index contributed by atoms with van der Waals surface area (Å²) in [5.74, 6) is 0.907. The fourth-order valence-electron chi connectivity index (χ4n) is 2.67. The molecule has 3 nitrogen and oxygen atoms in total. The van der Waals surface area contributed by atoms with Gasteiger partial charge < -0.3 is 9.47 Å². The summed E-state index contributed by atoms with van der Waals surface area (Å²) in [6, 6.07) is 7.93.